The number of nitrogens with zero attached hydrogens (tertiary/aromatic N) is 2. The molecule has 7 nitrogen and oxygen atoms in total. The Morgan fingerprint density at radius 3 is 2.42 bits per heavy atom. The van der Waals surface area contributed by atoms with Gasteiger partial charge in [-0.2, -0.15) is 0 Å². The molecule has 3 aromatic rings. The number of carboxylic acids is 1. The predicted molar refractivity (Wildman–Crippen MR) is 116 cm³/mol. The van der Waals surface area contributed by atoms with Gasteiger partial charge in [0.15, 0.2) is 0 Å². The predicted octanol–water partition coefficient (Wildman–Crippen LogP) is 3.79. The fraction of sp³-hybridized carbons (Fsp3) is 0.250. The van der Waals surface area contributed by atoms with Gasteiger partial charge in [0.2, 0.25) is 0 Å². The topological polar surface area (TPSA) is 98.5 Å². The number of hydrogen-bond acceptors (Lipinski definition) is 5. The van der Waals surface area contributed by atoms with Gasteiger partial charge in [-0.1, -0.05) is 55.8 Å². The van der Waals surface area contributed by atoms with Crippen LogP contribution in [0.15, 0.2) is 59.5 Å². The van der Waals surface area contributed by atoms with E-state index >= 15 is 0 Å². The highest BCUT2D eigenvalue weighted by atomic mass is 16.5. The van der Waals surface area contributed by atoms with Crippen LogP contribution < -0.4 is 5.56 Å². The summed E-state index contributed by atoms with van der Waals surface area (Å²) in [4.78, 5) is 40.7. The average Bonchev–Trinajstić information content (AvgIpc) is 2.79. The lowest BCUT2D eigenvalue weighted by Gasteiger charge is -2.14. The van der Waals surface area contributed by atoms with E-state index in [1.54, 1.807) is 24.3 Å². The first-order valence-corrected chi connectivity index (χ1v) is 10.0. The van der Waals surface area contributed by atoms with Crippen LogP contribution in [0, 0.1) is 0 Å². The van der Waals surface area contributed by atoms with Crippen LogP contribution in [-0.2, 0) is 17.7 Å². The molecule has 1 aromatic heterocycles. The molecule has 0 aliphatic rings. The Labute approximate surface area is 180 Å². The number of hydrogen-bond donors (Lipinski definition) is 1. The van der Waals surface area contributed by atoms with Crippen molar-refractivity contribution in [2.24, 2.45) is 0 Å². The Bertz CT molecular complexity index is 1150. The van der Waals surface area contributed by atoms with Crippen LogP contribution in [0.4, 0.5) is 0 Å². The SMILES string of the molecule is CCCCc1ncc(C(=O)OC)c(=O)n1Cc1ccc(-c2ccccc2C(=O)O)cc1. The summed E-state index contributed by atoms with van der Waals surface area (Å²) < 4.78 is 6.20. The molecule has 0 radical (unpaired) electrons. The van der Waals surface area contributed by atoms with Crippen molar-refractivity contribution in [1.82, 2.24) is 9.55 Å². The highest BCUT2D eigenvalue weighted by molar-refractivity contribution is 5.96. The summed E-state index contributed by atoms with van der Waals surface area (Å²) in [7, 11) is 1.23. The van der Waals surface area contributed by atoms with Gasteiger partial charge in [0.05, 0.1) is 19.2 Å². The number of methoxy groups -OCH3 is 1. The Morgan fingerprint density at radius 2 is 1.77 bits per heavy atom. The normalized spacial score (nSPS) is 10.6. The van der Waals surface area contributed by atoms with Crippen LogP contribution in [0.2, 0.25) is 0 Å². The van der Waals surface area contributed by atoms with Crippen molar-refractivity contribution >= 4 is 11.9 Å². The molecule has 3 rings (SSSR count). The lowest BCUT2D eigenvalue weighted by molar-refractivity contribution is 0.0596. The van der Waals surface area contributed by atoms with Crippen LogP contribution in [0.1, 0.15) is 51.9 Å². The van der Waals surface area contributed by atoms with Crippen molar-refractivity contribution in [3.63, 3.8) is 0 Å². The van der Waals surface area contributed by atoms with Crippen molar-refractivity contribution in [2.45, 2.75) is 32.7 Å². The van der Waals surface area contributed by atoms with Crippen molar-refractivity contribution in [3.05, 3.63) is 87.6 Å². The highest BCUT2D eigenvalue weighted by Gasteiger charge is 2.17. The Morgan fingerprint density at radius 1 is 1.06 bits per heavy atom. The summed E-state index contributed by atoms with van der Waals surface area (Å²) >= 11 is 0. The number of rotatable bonds is 8. The van der Waals surface area contributed by atoms with E-state index < -0.39 is 17.5 Å². The van der Waals surface area contributed by atoms with Gasteiger partial charge >= 0.3 is 11.9 Å². The van der Waals surface area contributed by atoms with E-state index in [-0.39, 0.29) is 17.7 Å². The third kappa shape index (κ3) is 4.88. The standard InChI is InChI=1S/C24H24N2O5/c1-3-4-9-21-25-14-20(24(30)31-2)22(27)26(21)15-16-10-12-17(13-11-16)18-7-5-6-8-19(18)23(28)29/h5-8,10-14H,3-4,9,15H2,1-2H3,(H,28,29). The minimum absolute atomic E-state index is 0.102. The summed E-state index contributed by atoms with van der Waals surface area (Å²) in [5.74, 6) is -1.09. The number of aromatic nitrogens is 2. The zero-order chi connectivity index (χ0) is 22.4. The average molecular weight is 420 g/mol. The number of carbonyl (C=O) groups excluding carboxylic acids is 1. The zero-order valence-corrected chi connectivity index (χ0v) is 17.5. The van der Waals surface area contributed by atoms with Crippen LogP contribution in [0.5, 0.6) is 0 Å². The first-order valence-electron chi connectivity index (χ1n) is 10.0. The Hall–Kier alpha value is -3.74. The lowest BCUT2D eigenvalue weighted by Crippen LogP contribution is -2.31. The summed E-state index contributed by atoms with van der Waals surface area (Å²) in [6, 6.07) is 14.1. The molecular formula is C24H24N2O5. The second-order valence-corrected chi connectivity index (χ2v) is 7.12. The number of aromatic carboxylic acids is 1. The summed E-state index contributed by atoms with van der Waals surface area (Å²) in [5.41, 5.74) is 1.91. The van der Waals surface area contributed by atoms with E-state index in [2.05, 4.69) is 11.9 Å². The number of unbranched alkanes of at least 4 members (excludes halogenated alkanes) is 1. The number of benzene rings is 2. The van der Waals surface area contributed by atoms with Gasteiger partial charge in [-0.05, 0) is 29.2 Å². The quantitative estimate of drug-likeness (QED) is 0.557. The summed E-state index contributed by atoms with van der Waals surface area (Å²) in [6.45, 7) is 2.30. The molecule has 0 saturated heterocycles. The monoisotopic (exact) mass is 420 g/mol. The van der Waals surface area contributed by atoms with E-state index in [0.717, 1.165) is 24.0 Å². The minimum atomic E-state index is -0.988. The van der Waals surface area contributed by atoms with Gasteiger partial charge in [-0.15, -0.1) is 0 Å². The highest BCUT2D eigenvalue weighted by Crippen LogP contribution is 2.24. The molecule has 0 saturated carbocycles. The molecule has 160 valence electrons. The van der Waals surface area contributed by atoms with Crippen LogP contribution in [0.25, 0.3) is 11.1 Å². The molecule has 0 spiro atoms. The summed E-state index contributed by atoms with van der Waals surface area (Å²) in [5, 5.41) is 9.42. The Kier molecular flexibility index (Phi) is 6.97. The molecule has 0 fully saturated rings. The van der Waals surface area contributed by atoms with E-state index in [0.29, 0.717) is 17.8 Å². The maximum Gasteiger partial charge on any atom is 0.345 e. The van der Waals surface area contributed by atoms with E-state index in [9.17, 15) is 19.5 Å². The molecular weight excluding hydrogens is 396 g/mol. The number of aryl methyl sites for hydroxylation is 1. The van der Waals surface area contributed by atoms with Gasteiger partial charge in [0.1, 0.15) is 11.4 Å². The van der Waals surface area contributed by atoms with E-state index in [1.165, 1.54) is 17.9 Å². The molecule has 31 heavy (non-hydrogen) atoms. The van der Waals surface area contributed by atoms with Crippen LogP contribution in [-0.4, -0.2) is 33.7 Å². The molecule has 1 N–H and O–H groups in total. The van der Waals surface area contributed by atoms with E-state index in [4.69, 9.17) is 4.74 Å². The molecule has 0 bridgehead atoms. The molecule has 0 atom stereocenters. The number of esters is 1. The maximum atomic E-state index is 12.9. The fourth-order valence-corrected chi connectivity index (χ4v) is 3.37. The van der Waals surface area contributed by atoms with Crippen molar-refractivity contribution < 1.29 is 19.4 Å². The molecule has 7 heteroatoms. The fourth-order valence-electron chi connectivity index (χ4n) is 3.37. The van der Waals surface area contributed by atoms with Crippen molar-refractivity contribution in [3.8, 4) is 11.1 Å². The third-order valence-corrected chi connectivity index (χ3v) is 5.05. The summed E-state index contributed by atoms with van der Waals surface area (Å²) in [6.07, 6.45) is 3.72. The molecule has 0 amide bonds. The number of carbonyl (C=O) groups is 2. The third-order valence-electron chi connectivity index (χ3n) is 5.05. The first kappa shape index (κ1) is 22.0. The second kappa shape index (κ2) is 9.84. The van der Waals surface area contributed by atoms with Gasteiger partial charge in [-0.3, -0.25) is 9.36 Å². The van der Waals surface area contributed by atoms with Gasteiger partial charge in [0, 0.05) is 12.6 Å². The minimum Gasteiger partial charge on any atom is -0.478 e. The van der Waals surface area contributed by atoms with Gasteiger partial charge < -0.3 is 9.84 Å². The largest absolute Gasteiger partial charge is 0.478 e. The number of ether oxygens (including phenoxy) is 1. The molecule has 0 aliphatic carbocycles. The smallest absolute Gasteiger partial charge is 0.345 e. The van der Waals surface area contributed by atoms with Gasteiger partial charge in [0.25, 0.3) is 5.56 Å². The van der Waals surface area contributed by atoms with E-state index in [1.807, 2.05) is 24.3 Å². The van der Waals surface area contributed by atoms with Crippen molar-refractivity contribution in [1.29, 1.82) is 0 Å². The lowest BCUT2D eigenvalue weighted by atomic mass is 9.99. The second-order valence-electron chi connectivity index (χ2n) is 7.12. The number of carboxylic acid groups (broad SMARTS) is 1. The molecule has 1 heterocycles. The van der Waals surface area contributed by atoms with Gasteiger partial charge in [-0.25, -0.2) is 14.6 Å². The van der Waals surface area contributed by atoms with Crippen molar-refractivity contribution in [2.75, 3.05) is 7.11 Å². The molecule has 2 aromatic carbocycles. The maximum absolute atomic E-state index is 12.9. The van der Waals surface area contributed by atoms with Crippen LogP contribution >= 0.6 is 0 Å². The Balaban J connectivity index is 1.96. The molecule has 0 unspecified atom stereocenters. The zero-order valence-electron chi connectivity index (χ0n) is 17.5. The van der Waals surface area contributed by atoms with Crippen LogP contribution in [0.3, 0.4) is 0 Å². The molecule has 0 aliphatic heterocycles. The first-order chi connectivity index (χ1) is 15.0.